The number of nitrogens with one attached hydrogen (secondary N) is 1. The molecule has 2 aromatic rings. The first-order valence-electron chi connectivity index (χ1n) is 7.00. The number of benzene rings is 1. The minimum atomic E-state index is 0.0149. The number of rotatable bonds is 7. The van der Waals surface area contributed by atoms with Gasteiger partial charge in [-0.25, -0.2) is 0 Å². The summed E-state index contributed by atoms with van der Waals surface area (Å²) in [5.41, 5.74) is 0. The van der Waals surface area contributed by atoms with Crippen LogP contribution in [-0.4, -0.2) is 16.1 Å². The van der Waals surface area contributed by atoms with Crippen LogP contribution in [0.4, 0.5) is 5.13 Å². The van der Waals surface area contributed by atoms with Crippen LogP contribution in [0, 0.1) is 5.92 Å². The van der Waals surface area contributed by atoms with Crippen molar-refractivity contribution in [2.45, 2.75) is 37.3 Å². The molecule has 6 heteroatoms. The molecule has 0 radical (unpaired) electrons. The van der Waals surface area contributed by atoms with Crippen LogP contribution in [0.1, 0.15) is 31.7 Å². The van der Waals surface area contributed by atoms with Crippen LogP contribution in [0.5, 0.6) is 0 Å². The van der Waals surface area contributed by atoms with Gasteiger partial charge in [-0.05, 0) is 18.6 Å². The Labute approximate surface area is 133 Å². The van der Waals surface area contributed by atoms with Gasteiger partial charge in [-0.3, -0.25) is 4.79 Å². The van der Waals surface area contributed by atoms with Crippen LogP contribution in [0.2, 0.25) is 0 Å². The highest BCUT2D eigenvalue weighted by atomic mass is 32.2. The van der Waals surface area contributed by atoms with Crippen molar-refractivity contribution in [2.75, 3.05) is 5.32 Å². The fraction of sp³-hybridized carbons (Fsp3) is 0.400. The number of aromatic nitrogens is 2. The average molecular weight is 321 g/mol. The van der Waals surface area contributed by atoms with Crippen molar-refractivity contribution in [3.8, 4) is 0 Å². The summed E-state index contributed by atoms with van der Waals surface area (Å²) in [7, 11) is 0. The summed E-state index contributed by atoms with van der Waals surface area (Å²) in [6.07, 6.45) is 1.89. The lowest BCUT2D eigenvalue weighted by molar-refractivity contribution is -0.119. The molecular weight excluding hydrogens is 302 g/mol. The molecule has 2 rings (SSSR count). The van der Waals surface area contributed by atoms with Crippen molar-refractivity contribution in [1.82, 2.24) is 10.2 Å². The normalized spacial score (nSPS) is 12.1. The molecule has 4 nitrogen and oxygen atoms in total. The molecule has 0 unspecified atom stereocenters. The maximum atomic E-state index is 11.9. The van der Waals surface area contributed by atoms with Crippen molar-refractivity contribution in [1.29, 1.82) is 0 Å². The first kappa shape index (κ1) is 16.0. The predicted molar refractivity (Wildman–Crippen MR) is 88.6 cm³/mol. The quantitative estimate of drug-likeness (QED) is 0.776. The Kier molecular flexibility index (Phi) is 6.20. The third-order valence-electron chi connectivity index (χ3n) is 2.97. The molecular formula is C15H19N3OS2. The van der Waals surface area contributed by atoms with Crippen LogP contribution >= 0.6 is 23.1 Å². The second-order valence-electron chi connectivity index (χ2n) is 4.78. The van der Waals surface area contributed by atoms with Gasteiger partial charge in [0.05, 0.1) is 5.75 Å². The van der Waals surface area contributed by atoms with Crippen LogP contribution in [-0.2, 0) is 10.5 Å². The summed E-state index contributed by atoms with van der Waals surface area (Å²) in [5.74, 6) is 0.804. The van der Waals surface area contributed by atoms with E-state index in [9.17, 15) is 4.79 Å². The maximum Gasteiger partial charge on any atom is 0.229 e. The van der Waals surface area contributed by atoms with Crippen molar-refractivity contribution < 1.29 is 4.79 Å². The standard InChI is InChI=1S/C15H19N3OS2/c1-3-7-11(2)14(19)16-15-18-17-13(21-15)10-20-12-8-5-4-6-9-12/h4-6,8-9,11H,3,7,10H2,1-2H3,(H,16,18,19)/t11-/m0/s1. The first-order valence-corrected chi connectivity index (χ1v) is 8.80. The highest BCUT2D eigenvalue weighted by Gasteiger charge is 2.14. The van der Waals surface area contributed by atoms with E-state index in [0.29, 0.717) is 5.13 Å². The number of carbonyl (C=O) groups is 1. The van der Waals surface area contributed by atoms with Gasteiger partial charge in [0.15, 0.2) is 0 Å². The number of carbonyl (C=O) groups excluding carboxylic acids is 1. The Morgan fingerprint density at radius 3 is 2.81 bits per heavy atom. The molecule has 0 saturated carbocycles. The number of hydrogen-bond donors (Lipinski definition) is 1. The molecule has 1 amide bonds. The molecule has 0 aliphatic rings. The molecule has 1 heterocycles. The lowest BCUT2D eigenvalue weighted by atomic mass is 10.1. The van der Waals surface area contributed by atoms with E-state index < -0.39 is 0 Å². The summed E-state index contributed by atoms with van der Waals surface area (Å²) in [5, 5.41) is 12.5. The van der Waals surface area contributed by atoms with E-state index in [4.69, 9.17) is 0 Å². The number of amides is 1. The van der Waals surface area contributed by atoms with Gasteiger partial charge in [-0.1, -0.05) is 49.8 Å². The highest BCUT2D eigenvalue weighted by Crippen LogP contribution is 2.25. The minimum Gasteiger partial charge on any atom is -0.300 e. The molecule has 21 heavy (non-hydrogen) atoms. The molecule has 1 aromatic carbocycles. The molecule has 0 fully saturated rings. The van der Waals surface area contributed by atoms with Crippen LogP contribution in [0.25, 0.3) is 0 Å². The van der Waals surface area contributed by atoms with Gasteiger partial charge in [-0.2, -0.15) is 0 Å². The van der Waals surface area contributed by atoms with E-state index in [1.54, 1.807) is 11.8 Å². The van der Waals surface area contributed by atoms with Crippen molar-refractivity contribution in [2.24, 2.45) is 5.92 Å². The number of anilines is 1. The molecule has 0 bridgehead atoms. The average Bonchev–Trinajstić information content (AvgIpc) is 2.94. The summed E-state index contributed by atoms with van der Waals surface area (Å²) >= 11 is 3.16. The first-order chi connectivity index (χ1) is 10.2. The third-order valence-corrected chi connectivity index (χ3v) is 5.02. The Morgan fingerprint density at radius 2 is 2.10 bits per heavy atom. The number of nitrogens with zero attached hydrogens (tertiary/aromatic N) is 2. The lowest BCUT2D eigenvalue weighted by Gasteiger charge is -2.07. The largest absolute Gasteiger partial charge is 0.300 e. The number of hydrogen-bond acceptors (Lipinski definition) is 5. The molecule has 0 aliphatic heterocycles. The highest BCUT2D eigenvalue weighted by molar-refractivity contribution is 7.98. The second kappa shape index (κ2) is 8.14. The monoisotopic (exact) mass is 321 g/mol. The molecule has 112 valence electrons. The summed E-state index contributed by atoms with van der Waals surface area (Å²) in [6, 6.07) is 10.2. The van der Waals surface area contributed by atoms with Crippen molar-refractivity contribution in [3.05, 3.63) is 35.3 Å². The van der Waals surface area contributed by atoms with E-state index in [0.717, 1.165) is 23.6 Å². The van der Waals surface area contributed by atoms with E-state index in [2.05, 4.69) is 34.6 Å². The van der Waals surface area contributed by atoms with E-state index >= 15 is 0 Å². The van der Waals surface area contributed by atoms with Gasteiger partial charge in [0, 0.05) is 10.8 Å². The van der Waals surface area contributed by atoms with Gasteiger partial charge in [-0.15, -0.1) is 22.0 Å². The van der Waals surface area contributed by atoms with E-state index in [-0.39, 0.29) is 11.8 Å². The third kappa shape index (κ3) is 5.13. The van der Waals surface area contributed by atoms with Gasteiger partial charge < -0.3 is 5.32 Å². The fourth-order valence-corrected chi connectivity index (χ4v) is 3.46. The van der Waals surface area contributed by atoms with E-state index in [1.165, 1.54) is 16.2 Å². The van der Waals surface area contributed by atoms with Crippen LogP contribution < -0.4 is 5.32 Å². The van der Waals surface area contributed by atoms with Gasteiger partial charge in [0.1, 0.15) is 5.01 Å². The summed E-state index contributed by atoms with van der Waals surface area (Å²) < 4.78 is 0. The van der Waals surface area contributed by atoms with Gasteiger partial charge in [0.2, 0.25) is 11.0 Å². The molecule has 1 aromatic heterocycles. The zero-order valence-electron chi connectivity index (χ0n) is 12.2. The maximum absolute atomic E-state index is 11.9. The zero-order valence-corrected chi connectivity index (χ0v) is 13.8. The Bertz CT molecular complexity index is 571. The molecule has 1 N–H and O–H groups in total. The fourth-order valence-electron chi connectivity index (χ4n) is 1.82. The Hall–Kier alpha value is -1.40. The van der Waals surface area contributed by atoms with Crippen LogP contribution in [0.3, 0.4) is 0 Å². The molecule has 0 aliphatic carbocycles. The Morgan fingerprint density at radius 1 is 1.33 bits per heavy atom. The second-order valence-corrected chi connectivity index (χ2v) is 6.89. The smallest absolute Gasteiger partial charge is 0.229 e. The van der Waals surface area contributed by atoms with Crippen LogP contribution in [0.15, 0.2) is 35.2 Å². The van der Waals surface area contributed by atoms with E-state index in [1.807, 2.05) is 25.1 Å². The Balaban J connectivity index is 1.85. The topological polar surface area (TPSA) is 54.9 Å². The van der Waals surface area contributed by atoms with Gasteiger partial charge >= 0.3 is 0 Å². The minimum absolute atomic E-state index is 0.0149. The summed E-state index contributed by atoms with van der Waals surface area (Å²) in [4.78, 5) is 13.1. The molecule has 0 saturated heterocycles. The SMILES string of the molecule is CCC[C@H](C)C(=O)Nc1nnc(CSc2ccccc2)s1. The zero-order chi connectivity index (χ0) is 15.1. The van der Waals surface area contributed by atoms with Crippen molar-refractivity contribution in [3.63, 3.8) is 0 Å². The predicted octanol–water partition coefficient (Wildman–Crippen LogP) is 4.21. The number of thioether (sulfide) groups is 1. The molecule has 0 spiro atoms. The van der Waals surface area contributed by atoms with Crippen molar-refractivity contribution >= 4 is 34.1 Å². The van der Waals surface area contributed by atoms with Gasteiger partial charge in [0.25, 0.3) is 0 Å². The lowest BCUT2D eigenvalue weighted by Crippen LogP contribution is -2.20. The summed E-state index contributed by atoms with van der Waals surface area (Å²) in [6.45, 7) is 4.01. The molecule has 1 atom stereocenters.